The fourth-order valence-electron chi connectivity index (χ4n) is 3.33. The maximum Gasteiger partial charge on any atom is 0.0765 e. The zero-order chi connectivity index (χ0) is 15.2. The van der Waals surface area contributed by atoms with E-state index in [1.165, 1.54) is 0 Å². The molecule has 0 aliphatic carbocycles. The van der Waals surface area contributed by atoms with Gasteiger partial charge in [0.05, 0.1) is 12.3 Å². The molecule has 0 aromatic carbocycles. The predicted octanol–water partition coefficient (Wildman–Crippen LogP) is 2.71. The quantitative estimate of drug-likeness (QED) is 0.756. The minimum absolute atomic E-state index is 0.127. The van der Waals surface area contributed by atoms with Crippen LogP contribution in [0.15, 0.2) is 12.4 Å². The van der Waals surface area contributed by atoms with E-state index in [1.54, 1.807) is 0 Å². The summed E-state index contributed by atoms with van der Waals surface area (Å²) in [6.07, 6.45) is 6.18. The highest BCUT2D eigenvalue weighted by Gasteiger charge is 2.38. The lowest BCUT2D eigenvalue weighted by atomic mass is 9.82. The monoisotopic (exact) mass is 281 g/mol. The first-order chi connectivity index (χ1) is 9.57. The predicted molar refractivity (Wildman–Crippen MR) is 83.8 cm³/mol. The first kappa shape index (κ1) is 17.2. The minimum Gasteiger partial charge on any atom is -0.391 e. The first-order valence-electron chi connectivity index (χ1n) is 8.02. The van der Waals surface area contributed by atoms with E-state index < -0.39 is 0 Å². The van der Waals surface area contributed by atoms with Crippen molar-refractivity contribution >= 4 is 0 Å². The third-order valence-electron chi connectivity index (χ3n) is 4.68. The second-order valence-corrected chi connectivity index (χ2v) is 5.41. The van der Waals surface area contributed by atoms with Crippen LogP contribution in [0.5, 0.6) is 0 Å². The number of nitrogens with zero attached hydrogens (tertiary/aromatic N) is 3. The second kappa shape index (κ2) is 7.79. The van der Waals surface area contributed by atoms with Crippen molar-refractivity contribution in [2.24, 2.45) is 0 Å². The SMILES string of the molecule is CCN(CC)C(CC)(CC)C(O)Cc1cnn(CC)c1. The van der Waals surface area contributed by atoms with Crippen molar-refractivity contribution in [3.8, 4) is 0 Å². The lowest BCUT2D eigenvalue weighted by molar-refractivity contribution is -0.0340. The lowest BCUT2D eigenvalue weighted by Gasteiger charge is -2.45. The molecule has 0 aliphatic heterocycles. The first-order valence-corrected chi connectivity index (χ1v) is 8.02. The minimum atomic E-state index is -0.355. The fourth-order valence-corrected chi connectivity index (χ4v) is 3.33. The van der Waals surface area contributed by atoms with E-state index >= 15 is 0 Å². The smallest absolute Gasteiger partial charge is 0.0765 e. The largest absolute Gasteiger partial charge is 0.391 e. The van der Waals surface area contributed by atoms with E-state index in [0.717, 1.165) is 38.0 Å². The van der Waals surface area contributed by atoms with Crippen LogP contribution in [-0.2, 0) is 13.0 Å². The third kappa shape index (κ3) is 3.41. The molecular formula is C16H31N3O. The Balaban J connectivity index is 2.90. The number of hydrogen-bond acceptors (Lipinski definition) is 3. The molecule has 0 radical (unpaired) electrons. The van der Waals surface area contributed by atoms with Crippen LogP contribution in [0.2, 0.25) is 0 Å². The van der Waals surface area contributed by atoms with E-state index in [0.29, 0.717) is 6.42 Å². The second-order valence-electron chi connectivity index (χ2n) is 5.41. The summed E-state index contributed by atoms with van der Waals surface area (Å²) < 4.78 is 1.92. The molecule has 0 bridgehead atoms. The Morgan fingerprint density at radius 1 is 1.20 bits per heavy atom. The Kier molecular flexibility index (Phi) is 6.69. The van der Waals surface area contributed by atoms with E-state index in [4.69, 9.17) is 0 Å². The molecule has 0 amide bonds. The summed E-state index contributed by atoms with van der Waals surface area (Å²) >= 11 is 0. The van der Waals surface area contributed by atoms with Crippen LogP contribution in [0.4, 0.5) is 0 Å². The van der Waals surface area contributed by atoms with Gasteiger partial charge in [0.15, 0.2) is 0 Å². The van der Waals surface area contributed by atoms with Gasteiger partial charge in [0, 0.05) is 24.7 Å². The Labute approximate surface area is 123 Å². The molecule has 0 saturated heterocycles. The van der Waals surface area contributed by atoms with Crippen LogP contribution in [0.25, 0.3) is 0 Å². The summed E-state index contributed by atoms with van der Waals surface area (Å²) in [6, 6.07) is 0. The van der Waals surface area contributed by atoms with Crippen molar-refractivity contribution in [2.75, 3.05) is 13.1 Å². The normalized spacial score (nSPS) is 13.9. The van der Waals surface area contributed by atoms with Gasteiger partial charge in [-0.2, -0.15) is 5.10 Å². The van der Waals surface area contributed by atoms with E-state index in [2.05, 4.69) is 44.6 Å². The molecule has 4 nitrogen and oxygen atoms in total. The molecule has 1 heterocycles. The molecular weight excluding hydrogens is 250 g/mol. The van der Waals surface area contributed by atoms with Crippen LogP contribution in [0, 0.1) is 0 Å². The Morgan fingerprint density at radius 2 is 1.80 bits per heavy atom. The van der Waals surface area contributed by atoms with Crippen molar-refractivity contribution < 1.29 is 5.11 Å². The highest BCUT2D eigenvalue weighted by atomic mass is 16.3. The number of aryl methyl sites for hydroxylation is 1. The van der Waals surface area contributed by atoms with Gasteiger partial charge in [0.2, 0.25) is 0 Å². The number of aliphatic hydroxyl groups is 1. The summed E-state index contributed by atoms with van der Waals surface area (Å²) in [5.41, 5.74) is 0.996. The van der Waals surface area contributed by atoms with Crippen molar-refractivity contribution in [3.63, 3.8) is 0 Å². The number of hydrogen-bond donors (Lipinski definition) is 1. The standard InChI is InChI=1S/C16H31N3O/c1-6-16(7-2,18(8-3)9-4)15(20)11-14-12-17-19(10-5)13-14/h12-13,15,20H,6-11H2,1-5H3. The highest BCUT2D eigenvalue weighted by molar-refractivity contribution is 5.09. The summed E-state index contributed by atoms with van der Waals surface area (Å²) in [5.74, 6) is 0. The molecule has 116 valence electrons. The Hall–Kier alpha value is -0.870. The van der Waals surface area contributed by atoms with Crippen molar-refractivity contribution in [2.45, 2.75) is 72.1 Å². The van der Waals surface area contributed by atoms with Gasteiger partial charge < -0.3 is 5.11 Å². The maximum absolute atomic E-state index is 10.8. The molecule has 20 heavy (non-hydrogen) atoms. The van der Waals surface area contributed by atoms with Gasteiger partial charge >= 0.3 is 0 Å². The number of aromatic nitrogens is 2. The van der Waals surface area contributed by atoms with Gasteiger partial charge in [-0.25, -0.2) is 0 Å². The van der Waals surface area contributed by atoms with Crippen molar-refractivity contribution in [3.05, 3.63) is 18.0 Å². The van der Waals surface area contributed by atoms with Crippen LogP contribution < -0.4 is 0 Å². The highest BCUT2D eigenvalue weighted by Crippen LogP contribution is 2.29. The average Bonchev–Trinajstić information content (AvgIpc) is 2.92. The Morgan fingerprint density at radius 3 is 2.20 bits per heavy atom. The molecule has 0 saturated carbocycles. The summed E-state index contributed by atoms with van der Waals surface area (Å²) in [4.78, 5) is 2.40. The molecule has 1 aromatic rings. The molecule has 0 fully saturated rings. The fraction of sp³-hybridized carbons (Fsp3) is 0.812. The summed E-state index contributed by atoms with van der Waals surface area (Å²) in [6.45, 7) is 13.6. The van der Waals surface area contributed by atoms with E-state index in [1.807, 2.05) is 17.1 Å². The number of rotatable bonds is 9. The van der Waals surface area contributed by atoms with E-state index in [-0.39, 0.29) is 11.6 Å². The molecule has 0 spiro atoms. The third-order valence-corrected chi connectivity index (χ3v) is 4.68. The van der Waals surface area contributed by atoms with Crippen LogP contribution in [-0.4, -0.2) is 44.5 Å². The molecule has 1 rings (SSSR count). The van der Waals surface area contributed by atoms with Crippen LogP contribution >= 0.6 is 0 Å². The topological polar surface area (TPSA) is 41.3 Å². The Bertz CT molecular complexity index is 381. The zero-order valence-electron chi connectivity index (χ0n) is 13.8. The lowest BCUT2D eigenvalue weighted by Crippen LogP contribution is -2.56. The molecule has 4 heteroatoms. The number of likely N-dealkylation sites (N-methyl/N-ethyl adjacent to an activating group) is 1. The summed E-state index contributed by atoms with van der Waals surface area (Å²) in [7, 11) is 0. The van der Waals surface area contributed by atoms with Gasteiger partial charge in [0.1, 0.15) is 0 Å². The van der Waals surface area contributed by atoms with E-state index in [9.17, 15) is 5.11 Å². The molecule has 0 aliphatic rings. The average molecular weight is 281 g/mol. The summed E-state index contributed by atoms with van der Waals surface area (Å²) in [5, 5.41) is 15.1. The van der Waals surface area contributed by atoms with Gasteiger partial charge in [-0.15, -0.1) is 0 Å². The molecule has 1 aromatic heterocycles. The maximum atomic E-state index is 10.8. The van der Waals surface area contributed by atoms with Crippen molar-refractivity contribution in [1.82, 2.24) is 14.7 Å². The van der Waals surface area contributed by atoms with Crippen LogP contribution in [0.1, 0.15) is 53.0 Å². The van der Waals surface area contributed by atoms with Gasteiger partial charge in [-0.1, -0.05) is 27.7 Å². The molecule has 1 unspecified atom stereocenters. The van der Waals surface area contributed by atoms with Gasteiger partial charge in [-0.3, -0.25) is 9.58 Å². The van der Waals surface area contributed by atoms with Gasteiger partial charge in [0.25, 0.3) is 0 Å². The van der Waals surface area contributed by atoms with Crippen molar-refractivity contribution in [1.29, 1.82) is 0 Å². The number of aliphatic hydroxyl groups excluding tert-OH is 1. The van der Waals surface area contributed by atoms with Crippen LogP contribution in [0.3, 0.4) is 0 Å². The zero-order valence-corrected chi connectivity index (χ0v) is 13.8. The van der Waals surface area contributed by atoms with Gasteiger partial charge in [-0.05, 0) is 38.4 Å². The molecule has 1 atom stereocenters. The molecule has 1 N–H and O–H groups in total.